The normalized spacial score (nSPS) is 11.0. The average molecular weight is 363 g/mol. The Kier molecular flexibility index (Phi) is 4.47. The highest BCUT2D eigenvalue weighted by atomic mass is 32.2. The minimum absolute atomic E-state index is 0.242. The minimum atomic E-state index is 0.242. The van der Waals surface area contributed by atoms with Gasteiger partial charge in [0.05, 0.1) is 5.39 Å². The summed E-state index contributed by atoms with van der Waals surface area (Å²) in [6.07, 6.45) is 1.54. The van der Waals surface area contributed by atoms with Crippen LogP contribution in [0.1, 0.15) is 0 Å². The van der Waals surface area contributed by atoms with Crippen LogP contribution in [-0.4, -0.2) is 27.1 Å². The number of hydrogen-bond acceptors (Lipinski definition) is 6. The molecular weight excluding hydrogens is 346 g/mol. The molecule has 130 valence electrons. The van der Waals surface area contributed by atoms with Crippen LogP contribution in [0.2, 0.25) is 0 Å². The fourth-order valence-corrected chi connectivity index (χ4v) is 3.30. The molecule has 0 unspecified atom stereocenters. The number of fused-ring (bicyclic) bond motifs is 1. The summed E-state index contributed by atoms with van der Waals surface area (Å²) in [6, 6.07) is 17.2. The highest BCUT2D eigenvalue weighted by molar-refractivity contribution is 7.97. The van der Waals surface area contributed by atoms with E-state index in [1.54, 1.807) is 24.1 Å². The summed E-state index contributed by atoms with van der Waals surface area (Å²) < 4.78 is 3.07. The molecule has 4 aromatic rings. The van der Waals surface area contributed by atoms with Gasteiger partial charge in [-0.15, -0.1) is 0 Å². The quantitative estimate of drug-likeness (QED) is 0.396. The molecule has 4 rings (SSSR count). The van der Waals surface area contributed by atoms with Crippen molar-refractivity contribution in [2.75, 3.05) is 12.4 Å². The monoisotopic (exact) mass is 363 g/mol. The summed E-state index contributed by atoms with van der Waals surface area (Å²) in [5, 5.41) is 13.7. The number of aromatic hydroxyl groups is 1. The van der Waals surface area contributed by atoms with Gasteiger partial charge >= 0.3 is 0 Å². The van der Waals surface area contributed by atoms with Gasteiger partial charge in [0.25, 0.3) is 0 Å². The maximum absolute atomic E-state index is 9.46. The first kappa shape index (κ1) is 16.4. The second-order valence-electron chi connectivity index (χ2n) is 5.67. The number of H-pyrrole nitrogens is 1. The molecule has 0 spiro atoms. The third-order valence-corrected chi connectivity index (χ3v) is 4.61. The Morgan fingerprint density at radius 1 is 1.04 bits per heavy atom. The van der Waals surface area contributed by atoms with E-state index in [2.05, 4.69) is 31.1 Å². The standard InChI is InChI=1S/C19H17N5OS/c1-20-26-15-4-2-3-13(9-15)23-18-16-10-17(24-19(16)22-11-21-18)12-5-7-14(25)8-6-12/h2-11,20,25H,1H3,(H2,21,22,23,24). The Morgan fingerprint density at radius 2 is 1.88 bits per heavy atom. The summed E-state index contributed by atoms with van der Waals surface area (Å²) in [4.78, 5) is 13.1. The Balaban J connectivity index is 1.69. The van der Waals surface area contributed by atoms with Crippen LogP contribution in [-0.2, 0) is 0 Å². The van der Waals surface area contributed by atoms with Gasteiger partial charge in [0.15, 0.2) is 0 Å². The molecule has 0 bridgehead atoms. The van der Waals surface area contributed by atoms with Gasteiger partial charge in [0, 0.05) is 16.3 Å². The fourth-order valence-electron chi connectivity index (χ4n) is 2.73. The van der Waals surface area contributed by atoms with Crippen molar-refractivity contribution in [2.45, 2.75) is 4.90 Å². The van der Waals surface area contributed by atoms with Crippen LogP contribution in [0.3, 0.4) is 0 Å². The number of hydrogen-bond donors (Lipinski definition) is 4. The van der Waals surface area contributed by atoms with Gasteiger partial charge in [-0.05, 0) is 73.1 Å². The first-order chi connectivity index (χ1) is 12.7. The topological polar surface area (TPSA) is 85.9 Å². The Labute approximate surface area is 154 Å². The fraction of sp³-hybridized carbons (Fsp3) is 0.0526. The van der Waals surface area contributed by atoms with Crippen LogP contribution >= 0.6 is 11.9 Å². The molecule has 0 aliphatic rings. The lowest BCUT2D eigenvalue weighted by Crippen LogP contribution is -1.96. The molecule has 0 amide bonds. The number of nitrogens with zero attached hydrogens (tertiary/aromatic N) is 2. The largest absolute Gasteiger partial charge is 0.508 e. The van der Waals surface area contributed by atoms with Crippen molar-refractivity contribution < 1.29 is 5.11 Å². The smallest absolute Gasteiger partial charge is 0.143 e. The summed E-state index contributed by atoms with van der Waals surface area (Å²) >= 11 is 1.56. The van der Waals surface area contributed by atoms with E-state index in [0.717, 1.165) is 38.7 Å². The van der Waals surface area contributed by atoms with Crippen molar-refractivity contribution in [2.24, 2.45) is 0 Å². The second-order valence-corrected chi connectivity index (χ2v) is 6.76. The Morgan fingerprint density at radius 3 is 2.69 bits per heavy atom. The van der Waals surface area contributed by atoms with E-state index >= 15 is 0 Å². The van der Waals surface area contributed by atoms with E-state index < -0.39 is 0 Å². The van der Waals surface area contributed by atoms with Gasteiger partial charge in [-0.25, -0.2) is 9.97 Å². The number of phenolic OH excluding ortho intramolecular Hbond substituents is 1. The van der Waals surface area contributed by atoms with Crippen LogP contribution in [0.25, 0.3) is 22.3 Å². The molecule has 4 N–H and O–H groups in total. The Hall–Kier alpha value is -3.03. The second kappa shape index (κ2) is 7.07. The lowest BCUT2D eigenvalue weighted by Gasteiger charge is -2.07. The van der Waals surface area contributed by atoms with Gasteiger partial charge in [0.2, 0.25) is 0 Å². The first-order valence-corrected chi connectivity index (χ1v) is 8.88. The molecule has 0 radical (unpaired) electrons. The number of anilines is 2. The number of rotatable bonds is 5. The molecule has 0 atom stereocenters. The molecule has 7 heteroatoms. The van der Waals surface area contributed by atoms with E-state index in [-0.39, 0.29) is 5.75 Å². The predicted octanol–water partition coefficient (Wildman–Crippen LogP) is 4.30. The highest BCUT2D eigenvalue weighted by Crippen LogP contribution is 2.29. The van der Waals surface area contributed by atoms with Gasteiger partial charge in [-0.1, -0.05) is 6.07 Å². The molecular formula is C19H17N5OS. The minimum Gasteiger partial charge on any atom is -0.508 e. The SMILES string of the molecule is CNSc1cccc(Nc2ncnc3[nH]c(-c4ccc(O)cc4)cc23)c1. The predicted molar refractivity (Wildman–Crippen MR) is 106 cm³/mol. The molecule has 6 nitrogen and oxygen atoms in total. The van der Waals surface area contributed by atoms with Crippen molar-refractivity contribution in [3.63, 3.8) is 0 Å². The molecule has 2 heterocycles. The number of phenols is 1. The van der Waals surface area contributed by atoms with Gasteiger partial charge in [0.1, 0.15) is 23.5 Å². The number of aromatic amines is 1. The van der Waals surface area contributed by atoms with Crippen molar-refractivity contribution in [3.05, 3.63) is 60.9 Å². The van der Waals surface area contributed by atoms with Gasteiger partial charge in [-0.3, -0.25) is 4.72 Å². The van der Waals surface area contributed by atoms with Crippen molar-refractivity contribution >= 4 is 34.5 Å². The molecule has 26 heavy (non-hydrogen) atoms. The number of nitrogens with one attached hydrogen (secondary N) is 3. The van der Waals surface area contributed by atoms with Crippen molar-refractivity contribution in [1.82, 2.24) is 19.7 Å². The molecule has 0 fully saturated rings. The summed E-state index contributed by atoms with van der Waals surface area (Å²) in [6.45, 7) is 0. The molecule has 0 saturated heterocycles. The molecule has 0 aliphatic heterocycles. The van der Waals surface area contributed by atoms with E-state index in [4.69, 9.17) is 0 Å². The summed E-state index contributed by atoms with van der Waals surface area (Å²) in [5.41, 5.74) is 3.60. The van der Waals surface area contributed by atoms with Gasteiger partial charge < -0.3 is 15.4 Å². The molecule has 2 aromatic carbocycles. The van der Waals surface area contributed by atoms with Crippen LogP contribution in [0.5, 0.6) is 5.75 Å². The van der Waals surface area contributed by atoms with E-state index in [9.17, 15) is 5.11 Å². The average Bonchev–Trinajstić information content (AvgIpc) is 3.08. The lowest BCUT2D eigenvalue weighted by molar-refractivity contribution is 0.475. The molecule has 0 aliphatic carbocycles. The van der Waals surface area contributed by atoms with Crippen LogP contribution < -0.4 is 10.0 Å². The van der Waals surface area contributed by atoms with Gasteiger partial charge in [-0.2, -0.15) is 0 Å². The van der Waals surface area contributed by atoms with Crippen LogP contribution in [0.4, 0.5) is 11.5 Å². The maximum Gasteiger partial charge on any atom is 0.143 e. The van der Waals surface area contributed by atoms with Crippen LogP contribution in [0.15, 0.2) is 65.8 Å². The lowest BCUT2D eigenvalue weighted by atomic mass is 10.1. The first-order valence-electron chi connectivity index (χ1n) is 8.07. The third kappa shape index (κ3) is 3.35. The maximum atomic E-state index is 9.46. The zero-order valence-corrected chi connectivity index (χ0v) is 14.8. The Bertz CT molecular complexity index is 1050. The molecule has 0 saturated carbocycles. The van der Waals surface area contributed by atoms with E-state index in [1.807, 2.05) is 43.4 Å². The highest BCUT2D eigenvalue weighted by Gasteiger charge is 2.10. The van der Waals surface area contributed by atoms with Crippen molar-refractivity contribution in [3.8, 4) is 17.0 Å². The van der Waals surface area contributed by atoms with Crippen LogP contribution in [0, 0.1) is 0 Å². The number of aromatic nitrogens is 3. The van der Waals surface area contributed by atoms with Crippen molar-refractivity contribution in [1.29, 1.82) is 0 Å². The summed E-state index contributed by atoms with van der Waals surface area (Å²) in [5.74, 6) is 0.981. The zero-order chi connectivity index (χ0) is 17.9. The van der Waals surface area contributed by atoms with E-state index in [1.165, 1.54) is 6.33 Å². The van der Waals surface area contributed by atoms with E-state index in [0.29, 0.717) is 0 Å². The molecule has 2 aromatic heterocycles. The third-order valence-electron chi connectivity index (χ3n) is 3.92. The summed E-state index contributed by atoms with van der Waals surface area (Å²) in [7, 11) is 1.89. The number of benzene rings is 2. The zero-order valence-electron chi connectivity index (χ0n) is 14.0.